The van der Waals surface area contributed by atoms with Gasteiger partial charge in [0, 0.05) is 49.4 Å². The van der Waals surface area contributed by atoms with Crippen molar-refractivity contribution in [3.05, 3.63) is 95.3 Å². The number of carbonyl (C=O) groups excluding carboxylic acids is 2. The largest absolute Gasteiger partial charge is 0.419 e. The molecule has 1 fully saturated rings. The zero-order chi connectivity index (χ0) is 30.1. The van der Waals surface area contributed by atoms with Crippen molar-refractivity contribution in [1.82, 2.24) is 10.2 Å². The van der Waals surface area contributed by atoms with Gasteiger partial charge in [-0.15, -0.1) is 0 Å². The van der Waals surface area contributed by atoms with Crippen LogP contribution in [-0.4, -0.2) is 54.4 Å². The molecule has 0 radical (unpaired) electrons. The molecule has 0 saturated carbocycles. The summed E-state index contributed by atoms with van der Waals surface area (Å²) in [6.45, 7) is 3.08. The fraction of sp³-hybridized carbons (Fsp3) is 0.267. The molecule has 4 rings (SSSR count). The standard InChI is InChI=1S/C30H31F4N5O2S/c31-24-19-22(10-11-23(24)30(32,33)34)37-29(41)28(36-13-14-39-15-17-42-18-16-39)21-8-5-20(6-9-21)7-12-27(40)38-26-4-2-1-3-25(26)35/h1-12,19,28,36H,13-18,35H2,(H,37,41)(H,38,40)/b12-7+. The molecule has 12 heteroatoms. The van der Waals surface area contributed by atoms with Gasteiger partial charge in [0.15, 0.2) is 0 Å². The van der Waals surface area contributed by atoms with E-state index in [0.29, 0.717) is 47.7 Å². The van der Waals surface area contributed by atoms with Crippen LogP contribution in [0.25, 0.3) is 6.08 Å². The summed E-state index contributed by atoms with van der Waals surface area (Å²) in [6, 6.07) is 15.2. The number of hydrogen-bond acceptors (Lipinski definition) is 6. The van der Waals surface area contributed by atoms with Gasteiger partial charge in [0.1, 0.15) is 11.9 Å². The van der Waals surface area contributed by atoms with Crippen molar-refractivity contribution in [2.45, 2.75) is 12.2 Å². The maximum Gasteiger partial charge on any atom is 0.419 e. The third-order valence-corrected chi connectivity index (χ3v) is 7.54. The first-order valence-corrected chi connectivity index (χ1v) is 14.4. The number of hydrogen-bond donors (Lipinski definition) is 4. The Labute approximate surface area is 245 Å². The molecule has 1 saturated heterocycles. The number of carbonyl (C=O) groups is 2. The number of alkyl halides is 3. The topological polar surface area (TPSA) is 99.5 Å². The Bertz CT molecular complexity index is 1410. The van der Waals surface area contributed by atoms with Gasteiger partial charge < -0.3 is 26.6 Å². The van der Waals surface area contributed by atoms with E-state index < -0.39 is 29.5 Å². The first kappa shape index (κ1) is 31.1. The molecule has 5 N–H and O–H groups in total. The van der Waals surface area contributed by atoms with Gasteiger partial charge in [-0.1, -0.05) is 36.4 Å². The molecule has 1 aliphatic heterocycles. The van der Waals surface area contributed by atoms with Crippen LogP contribution in [0.15, 0.2) is 72.8 Å². The predicted molar refractivity (Wildman–Crippen MR) is 160 cm³/mol. The van der Waals surface area contributed by atoms with E-state index in [4.69, 9.17) is 5.73 Å². The fourth-order valence-corrected chi connectivity index (χ4v) is 5.33. The molecule has 0 aliphatic carbocycles. The van der Waals surface area contributed by atoms with Crippen LogP contribution >= 0.6 is 11.8 Å². The van der Waals surface area contributed by atoms with Crippen molar-refractivity contribution in [3.8, 4) is 0 Å². The molecule has 0 spiro atoms. The van der Waals surface area contributed by atoms with Crippen molar-refractivity contribution in [3.63, 3.8) is 0 Å². The summed E-state index contributed by atoms with van der Waals surface area (Å²) in [5, 5.41) is 8.46. The van der Waals surface area contributed by atoms with Crippen LogP contribution in [0.3, 0.4) is 0 Å². The first-order valence-electron chi connectivity index (χ1n) is 13.2. The Morgan fingerprint density at radius 2 is 1.71 bits per heavy atom. The minimum absolute atomic E-state index is 0.0880. The summed E-state index contributed by atoms with van der Waals surface area (Å²) >= 11 is 1.89. The number of amides is 2. The predicted octanol–water partition coefficient (Wildman–Crippen LogP) is 5.40. The molecule has 0 aromatic heterocycles. The molecular formula is C30H31F4N5O2S. The van der Waals surface area contributed by atoms with Crippen molar-refractivity contribution >= 4 is 46.7 Å². The maximum atomic E-state index is 14.1. The first-order chi connectivity index (χ1) is 20.1. The minimum atomic E-state index is -4.84. The average molecular weight is 602 g/mol. The zero-order valence-electron chi connectivity index (χ0n) is 22.6. The van der Waals surface area contributed by atoms with Gasteiger partial charge in [-0.05, 0) is 47.5 Å². The Hall–Kier alpha value is -3.87. The Morgan fingerprint density at radius 3 is 2.38 bits per heavy atom. The third-order valence-electron chi connectivity index (χ3n) is 6.60. The van der Waals surface area contributed by atoms with Gasteiger partial charge in [0.2, 0.25) is 11.8 Å². The van der Waals surface area contributed by atoms with Gasteiger partial charge in [-0.25, -0.2) is 4.39 Å². The summed E-state index contributed by atoms with van der Waals surface area (Å²) in [7, 11) is 0. The number of nitrogens with one attached hydrogen (secondary N) is 3. The highest BCUT2D eigenvalue weighted by Crippen LogP contribution is 2.32. The summed E-state index contributed by atoms with van der Waals surface area (Å²) in [5.41, 5.74) is 6.60. The molecule has 0 bridgehead atoms. The van der Waals surface area contributed by atoms with E-state index in [1.165, 1.54) is 6.08 Å². The number of rotatable bonds is 10. The second-order valence-electron chi connectivity index (χ2n) is 9.60. The van der Waals surface area contributed by atoms with Crippen LogP contribution in [0.5, 0.6) is 0 Å². The maximum absolute atomic E-state index is 14.1. The van der Waals surface area contributed by atoms with E-state index in [-0.39, 0.29) is 11.6 Å². The van der Waals surface area contributed by atoms with Crippen LogP contribution in [0.1, 0.15) is 22.7 Å². The zero-order valence-corrected chi connectivity index (χ0v) is 23.4. The molecule has 42 heavy (non-hydrogen) atoms. The molecular weight excluding hydrogens is 570 g/mol. The highest BCUT2D eigenvalue weighted by Gasteiger charge is 2.34. The monoisotopic (exact) mass is 601 g/mol. The van der Waals surface area contributed by atoms with Gasteiger partial charge in [0.05, 0.1) is 16.9 Å². The Balaban J connectivity index is 1.45. The number of nitrogen functional groups attached to an aromatic ring is 1. The van der Waals surface area contributed by atoms with Crippen LogP contribution < -0.4 is 21.7 Å². The van der Waals surface area contributed by atoms with Gasteiger partial charge in [-0.2, -0.15) is 24.9 Å². The molecule has 222 valence electrons. The van der Waals surface area contributed by atoms with E-state index in [1.807, 2.05) is 11.8 Å². The van der Waals surface area contributed by atoms with Crippen LogP contribution in [0, 0.1) is 5.82 Å². The molecule has 1 aliphatic rings. The molecule has 7 nitrogen and oxygen atoms in total. The lowest BCUT2D eigenvalue weighted by Gasteiger charge is -2.27. The third kappa shape index (κ3) is 8.81. The van der Waals surface area contributed by atoms with Gasteiger partial charge >= 0.3 is 6.18 Å². The van der Waals surface area contributed by atoms with E-state index in [1.54, 1.807) is 54.6 Å². The summed E-state index contributed by atoms with van der Waals surface area (Å²) < 4.78 is 53.0. The molecule has 3 aromatic carbocycles. The van der Waals surface area contributed by atoms with E-state index in [2.05, 4.69) is 20.9 Å². The normalized spacial score (nSPS) is 15.0. The van der Waals surface area contributed by atoms with Crippen LogP contribution in [-0.2, 0) is 15.8 Å². The highest BCUT2D eigenvalue weighted by molar-refractivity contribution is 7.99. The Morgan fingerprint density at radius 1 is 1.00 bits per heavy atom. The van der Waals surface area contributed by atoms with Gasteiger partial charge in [0.25, 0.3) is 0 Å². The summed E-state index contributed by atoms with van der Waals surface area (Å²) in [5.74, 6) is -0.310. The van der Waals surface area contributed by atoms with Gasteiger partial charge in [-0.3, -0.25) is 9.59 Å². The molecule has 1 heterocycles. The number of anilines is 3. The average Bonchev–Trinajstić information content (AvgIpc) is 2.96. The van der Waals surface area contributed by atoms with Crippen molar-refractivity contribution in [2.24, 2.45) is 0 Å². The molecule has 1 atom stereocenters. The minimum Gasteiger partial charge on any atom is -0.397 e. The van der Waals surface area contributed by atoms with E-state index in [0.717, 1.165) is 30.7 Å². The van der Waals surface area contributed by atoms with Crippen molar-refractivity contribution < 1.29 is 27.2 Å². The highest BCUT2D eigenvalue weighted by atomic mass is 32.2. The fourth-order valence-electron chi connectivity index (χ4n) is 4.35. The van der Waals surface area contributed by atoms with E-state index >= 15 is 0 Å². The summed E-state index contributed by atoms with van der Waals surface area (Å²) in [6.07, 6.45) is -1.87. The quantitative estimate of drug-likeness (QED) is 0.141. The number of halogens is 4. The SMILES string of the molecule is Nc1ccccc1NC(=O)/C=C/c1ccc(C(NCCN2CCSCC2)C(=O)Nc2ccc(C(F)(F)F)c(F)c2)cc1. The smallest absolute Gasteiger partial charge is 0.397 e. The lowest BCUT2D eigenvalue weighted by atomic mass is 10.0. The number of nitrogens with two attached hydrogens (primary N) is 1. The molecule has 1 unspecified atom stereocenters. The molecule has 3 aromatic rings. The number of benzene rings is 3. The van der Waals surface area contributed by atoms with Crippen molar-refractivity contribution in [1.29, 1.82) is 0 Å². The summed E-state index contributed by atoms with van der Waals surface area (Å²) in [4.78, 5) is 27.9. The van der Waals surface area contributed by atoms with E-state index in [9.17, 15) is 27.2 Å². The second-order valence-corrected chi connectivity index (χ2v) is 10.8. The Kier molecular flexibility index (Phi) is 10.6. The number of thioether (sulfide) groups is 1. The lowest BCUT2D eigenvalue weighted by molar-refractivity contribution is -0.140. The van der Waals surface area contributed by atoms with Crippen molar-refractivity contribution in [2.75, 3.05) is 54.1 Å². The second kappa shape index (κ2) is 14.3. The number of nitrogens with zero attached hydrogens (tertiary/aromatic N) is 1. The molecule has 2 amide bonds. The number of para-hydroxylation sites is 2. The van der Waals surface area contributed by atoms with Crippen LogP contribution in [0.2, 0.25) is 0 Å². The van der Waals surface area contributed by atoms with Crippen LogP contribution in [0.4, 0.5) is 34.6 Å². The lowest BCUT2D eigenvalue weighted by Crippen LogP contribution is -2.41.